The molecule has 3 aromatic rings. The van der Waals surface area contributed by atoms with E-state index in [1.165, 1.54) is 18.4 Å². The lowest BCUT2D eigenvalue weighted by atomic mass is 9.94. The van der Waals surface area contributed by atoms with Gasteiger partial charge in [-0.05, 0) is 93.6 Å². The molecule has 9 nitrogen and oxygen atoms in total. The van der Waals surface area contributed by atoms with E-state index in [0.29, 0.717) is 18.0 Å². The van der Waals surface area contributed by atoms with Crippen molar-refractivity contribution in [2.45, 2.75) is 63.8 Å². The van der Waals surface area contributed by atoms with Gasteiger partial charge in [0.15, 0.2) is 0 Å². The molecule has 3 N–H and O–H groups in total. The number of carboxylic acids is 1. The van der Waals surface area contributed by atoms with Crippen LogP contribution < -0.4 is 10.6 Å². The Balaban J connectivity index is 1.02. The van der Waals surface area contributed by atoms with Crippen molar-refractivity contribution in [3.05, 3.63) is 53.3 Å². The number of benzene rings is 1. The number of nitrogens with one attached hydrogen (secondary N) is 2. The predicted octanol–water partition coefficient (Wildman–Crippen LogP) is 3.83. The molecule has 2 atom stereocenters. The van der Waals surface area contributed by atoms with Crippen LogP contribution >= 0.6 is 0 Å². The molecule has 212 valence electrons. The Kier molecular flexibility index (Phi) is 8.00. The fourth-order valence-corrected chi connectivity index (χ4v) is 6.26. The molecule has 0 radical (unpaired) electrons. The van der Waals surface area contributed by atoms with E-state index in [9.17, 15) is 14.7 Å². The Morgan fingerprint density at radius 2 is 2.05 bits per heavy atom. The lowest BCUT2D eigenvalue weighted by Crippen LogP contribution is -2.44. The molecule has 4 heterocycles. The standard InChI is InChI=1S/C31H40N6O3/c38-30(23-6-3-15-36(20-23)16-4-7-24-13-12-22-5-2-14-32-29(22)35-24)33-17-27(31(39)40)25-8-1-9-28-26(25)18-34-37(28)19-21-10-11-21/h1,8-9,12-13,18,21,23,27H,2-7,10-11,14-17,19-20H2,(H,32,35)(H,33,38)(H,39,40)/t23-,27-/m1/s1. The molecule has 1 aliphatic carbocycles. The first-order valence-electron chi connectivity index (χ1n) is 14.9. The van der Waals surface area contributed by atoms with Gasteiger partial charge in [-0.1, -0.05) is 18.2 Å². The van der Waals surface area contributed by atoms with Crippen LogP contribution in [-0.2, 0) is 29.0 Å². The smallest absolute Gasteiger partial charge is 0.312 e. The zero-order valence-corrected chi connectivity index (χ0v) is 23.1. The lowest BCUT2D eigenvalue weighted by Gasteiger charge is -2.32. The Labute approximate surface area is 235 Å². The van der Waals surface area contributed by atoms with E-state index < -0.39 is 11.9 Å². The minimum Gasteiger partial charge on any atom is -0.481 e. The minimum atomic E-state index is -0.931. The number of anilines is 1. The highest BCUT2D eigenvalue weighted by atomic mass is 16.4. The van der Waals surface area contributed by atoms with E-state index in [4.69, 9.17) is 4.98 Å². The number of pyridine rings is 1. The average Bonchev–Trinajstić information content (AvgIpc) is 3.70. The highest BCUT2D eigenvalue weighted by Crippen LogP contribution is 2.33. The second-order valence-electron chi connectivity index (χ2n) is 11.8. The maximum absolute atomic E-state index is 13.2. The van der Waals surface area contributed by atoms with Gasteiger partial charge in [0, 0.05) is 37.3 Å². The molecule has 9 heteroatoms. The first-order valence-corrected chi connectivity index (χ1v) is 14.9. The quantitative estimate of drug-likeness (QED) is 0.336. The van der Waals surface area contributed by atoms with Crippen LogP contribution in [-0.4, -0.2) is 69.4 Å². The summed E-state index contributed by atoms with van der Waals surface area (Å²) in [6.45, 7) is 4.59. The van der Waals surface area contributed by atoms with E-state index >= 15 is 0 Å². The van der Waals surface area contributed by atoms with Gasteiger partial charge in [0.1, 0.15) is 5.82 Å². The number of nitrogens with zero attached hydrogens (tertiary/aromatic N) is 4. The van der Waals surface area contributed by atoms with Gasteiger partial charge in [0.2, 0.25) is 5.91 Å². The topological polar surface area (TPSA) is 112 Å². The first-order chi connectivity index (χ1) is 19.5. The number of carbonyl (C=O) groups is 2. The van der Waals surface area contributed by atoms with Crippen molar-refractivity contribution in [1.29, 1.82) is 0 Å². The molecule has 2 fully saturated rings. The second-order valence-corrected chi connectivity index (χ2v) is 11.8. The second kappa shape index (κ2) is 12.0. The molecular weight excluding hydrogens is 504 g/mol. The maximum atomic E-state index is 13.2. The SMILES string of the molecule is O=C(NC[C@@H](C(=O)O)c1cccc2c1cnn2CC1CC1)[C@@H]1CCCN(CCCc2ccc3c(n2)NCCC3)C1. The minimum absolute atomic E-state index is 0.0463. The van der Waals surface area contributed by atoms with Crippen LogP contribution in [0.15, 0.2) is 36.5 Å². The highest BCUT2D eigenvalue weighted by Gasteiger charge is 2.29. The van der Waals surface area contributed by atoms with Crippen LogP contribution in [0.5, 0.6) is 0 Å². The van der Waals surface area contributed by atoms with E-state index in [1.807, 2.05) is 22.9 Å². The Morgan fingerprint density at radius 1 is 1.15 bits per heavy atom. The normalized spacial score (nSPS) is 20.1. The van der Waals surface area contributed by atoms with Crippen molar-refractivity contribution in [2.75, 3.05) is 38.0 Å². The summed E-state index contributed by atoms with van der Waals surface area (Å²) in [7, 11) is 0. The molecule has 1 amide bonds. The highest BCUT2D eigenvalue weighted by molar-refractivity contribution is 5.89. The molecule has 6 rings (SSSR count). The monoisotopic (exact) mass is 544 g/mol. The molecule has 1 saturated carbocycles. The number of aryl methyl sites for hydroxylation is 2. The number of amides is 1. The number of likely N-dealkylation sites (tertiary alicyclic amines) is 1. The van der Waals surface area contributed by atoms with Crippen LogP contribution in [0.1, 0.15) is 61.3 Å². The van der Waals surface area contributed by atoms with Gasteiger partial charge in [-0.2, -0.15) is 5.10 Å². The lowest BCUT2D eigenvalue weighted by molar-refractivity contribution is -0.138. The van der Waals surface area contributed by atoms with Crippen LogP contribution in [0.2, 0.25) is 0 Å². The number of hydrogen-bond acceptors (Lipinski definition) is 6. The number of rotatable bonds is 11. The van der Waals surface area contributed by atoms with Gasteiger partial charge < -0.3 is 20.6 Å². The van der Waals surface area contributed by atoms with Crippen molar-refractivity contribution in [3.63, 3.8) is 0 Å². The molecule has 0 spiro atoms. The summed E-state index contributed by atoms with van der Waals surface area (Å²) in [6, 6.07) is 10.1. The summed E-state index contributed by atoms with van der Waals surface area (Å²) in [5.41, 5.74) is 4.10. The third kappa shape index (κ3) is 6.14. The van der Waals surface area contributed by atoms with Crippen molar-refractivity contribution in [2.24, 2.45) is 11.8 Å². The molecule has 40 heavy (non-hydrogen) atoms. The van der Waals surface area contributed by atoms with Gasteiger partial charge in [-0.25, -0.2) is 4.98 Å². The van der Waals surface area contributed by atoms with Crippen LogP contribution in [0, 0.1) is 11.8 Å². The molecule has 0 bridgehead atoms. The van der Waals surface area contributed by atoms with Gasteiger partial charge in [-0.3, -0.25) is 14.3 Å². The molecule has 1 saturated heterocycles. The Morgan fingerprint density at radius 3 is 2.90 bits per heavy atom. The summed E-state index contributed by atoms with van der Waals surface area (Å²) < 4.78 is 1.99. The zero-order chi connectivity index (χ0) is 27.5. The molecule has 0 unspecified atom stereocenters. The number of aliphatic carboxylic acids is 1. The number of piperidine rings is 1. The number of carboxylic acid groups (broad SMARTS) is 1. The summed E-state index contributed by atoms with van der Waals surface area (Å²) >= 11 is 0. The molecule has 1 aromatic carbocycles. The van der Waals surface area contributed by atoms with Crippen LogP contribution in [0.3, 0.4) is 0 Å². The fraction of sp³-hybridized carbons (Fsp3) is 0.548. The van der Waals surface area contributed by atoms with Crippen molar-refractivity contribution >= 4 is 28.6 Å². The van der Waals surface area contributed by atoms with Gasteiger partial charge >= 0.3 is 5.97 Å². The summed E-state index contributed by atoms with van der Waals surface area (Å²) in [6.07, 6.45) is 10.2. The van der Waals surface area contributed by atoms with Gasteiger partial charge in [0.05, 0.1) is 23.5 Å². The van der Waals surface area contributed by atoms with E-state index in [1.54, 1.807) is 6.20 Å². The van der Waals surface area contributed by atoms with E-state index in [2.05, 4.69) is 32.8 Å². The zero-order valence-electron chi connectivity index (χ0n) is 23.1. The largest absolute Gasteiger partial charge is 0.481 e. The van der Waals surface area contributed by atoms with Crippen molar-refractivity contribution < 1.29 is 14.7 Å². The number of carbonyl (C=O) groups excluding carboxylic acids is 1. The summed E-state index contributed by atoms with van der Waals surface area (Å²) in [5, 5.41) is 21.9. The molecule has 2 aromatic heterocycles. The maximum Gasteiger partial charge on any atom is 0.312 e. The third-order valence-electron chi connectivity index (χ3n) is 8.74. The summed E-state index contributed by atoms with van der Waals surface area (Å²) in [4.78, 5) is 32.6. The summed E-state index contributed by atoms with van der Waals surface area (Å²) in [5.74, 6) is -0.194. The average molecular weight is 545 g/mol. The van der Waals surface area contributed by atoms with E-state index in [-0.39, 0.29) is 18.4 Å². The number of hydrogen-bond donors (Lipinski definition) is 3. The Bertz CT molecular complexity index is 1370. The van der Waals surface area contributed by atoms with E-state index in [0.717, 1.165) is 87.1 Å². The fourth-order valence-electron chi connectivity index (χ4n) is 6.26. The first kappa shape index (κ1) is 26.7. The van der Waals surface area contributed by atoms with Gasteiger partial charge in [0.25, 0.3) is 0 Å². The third-order valence-corrected chi connectivity index (χ3v) is 8.74. The van der Waals surface area contributed by atoms with Gasteiger partial charge in [-0.15, -0.1) is 0 Å². The number of aromatic nitrogens is 3. The predicted molar refractivity (Wildman–Crippen MR) is 154 cm³/mol. The number of fused-ring (bicyclic) bond motifs is 2. The van der Waals surface area contributed by atoms with Crippen LogP contribution in [0.4, 0.5) is 5.82 Å². The van der Waals surface area contributed by atoms with Crippen molar-refractivity contribution in [3.8, 4) is 0 Å². The molecule has 3 aliphatic rings. The Hall–Kier alpha value is -3.46. The molecular formula is C31H40N6O3. The van der Waals surface area contributed by atoms with Crippen molar-refractivity contribution in [1.82, 2.24) is 25.0 Å². The van der Waals surface area contributed by atoms with Crippen LogP contribution in [0.25, 0.3) is 10.9 Å². The molecule has 2 aliphatic heterocycles.